The Morgan fingerprint density at radius 1 is 1.06 bits per heavy atom. The molecule has 0 aliphatic carbocycles. The zero-order valence-electron chi connectivity index (χ0n) is 10.4. The molecule has 0 saturated heterocycles. The summed E-state index contributed by atoms with van der Waals surface area (Å²) in [7, 11) is 0. The standard InChI is InChI=1S/C14H19N3.ClH/c15-10-4-3-6-12(16)14-9-8-11-5-1-2-7-13(11)17-14;/h1-2,5,7-9,12H,3-4,6,10,15-16H2;1H/t12-;/m1./s1. The molecule has 18 heavy (non-hydrogen) atoms. The Bertz CT molecular complexity index is 487. The van der Waals surface area contributed by atoms with Gasteiger partial charge in [-0.2, -0.15) is 0 Å². The summed E-state index contributed by atoms with van der Waals surface area (Å²) in [4.78, 5) is 4.60. The molecule has 0 radical (unpaired) electrons. The Balaban J connectivity index is 0.00000162. The molecule has 4 N–H and O–H groups in total. The minimum absolute atomic E-state index is 0. The molecule has 0 fully saturated rings. The maximum Gasteiger partial charge on any atom is 0.0706 e. The Morgan fingerprint density at radius 3 is 2.61 bits per heavy atom. The predicted molar refractivity (Wildman–Crippen MR) is 78.8 cm³/mol. The summed E-state index contributed by atoms with van der Waals surface area (Å²) < 4.78 is 0. The smallest absolute Gasteiger partial charge is 0.0706 e. The molecule has 98 valence electrons. The minimum Gasteiger partial charge on any atom is -0.330 e. The van der Waals surface area contributed by atoms with Crippen LogP contribution in [-0.2, 0) is 0 Å². The van der Waals surface area contributed by atoms with Crippen LogP contribution in [0, 0.1) is 0 Å². The molecule has 0 saturated carbocycles. The summed E-state index contributed by atoms with van der Waals surface area (Å²) in [5.74, 6) is 0. The van der Waals surface area contributed by atoms with Gasteiger partial charge >= 0.3 is 0 Å². The highest BCUT2D eigenvalue weighted by Crippen LogP contribution is 2.18. The van der Waals surface area contributed by atoms with E-state index >= 15 is 0 Å². The summed E-state index contributed by atoms with van der Waals surface area (Å²) in [6.45, 7) is 0.734. The molecule has 2 aromatic rings. The minimum atomic E-state index is 0. The van der Waals surface area contributed by atoms with Gasteiger partial charge in [-0.25, -0.2) is 0 Å². The highest BCUT2D eigenvalue weighted by molar-refractivity contribution is 5.85. The number of fused-ring (bicyclic) bond motifs is 1. The quantitative estimate of drug-likeness (QED) is 0.817. The van der Waals surface area contributed by atoms with E-state index in [0.29, 0.717) is 0 Å². The number of nitrogens with two attached hydrogens (primary N) is 2. The Hall–Kier alpha value is -1.16. The molecule has 0 bridgehead atoms. The largest absolute Gasteiger partial charge is 0.330 e. The number of pyridine rings is 1. The number of hydrogen-bond donors (Lipinski definition) is 2. The summed E-state index contributed by atoms with van der Waals surface area (Å²) in [6, 6.07) is 12.2. The van der Waals surface area contributed by atoms with Gasteiger partial charge in [0.1, 0.15) is 0 Å². The molecule has 1 atom stereocenters. The molecule has 3 nitrogen and oxygen atoms in total. The fourth-order valence-electron chi connectivity index (χ4n) is 1.94. The van der Waals surface area contributed by atoms with Crippen LogP contribution in [0.3, 0.4) is 0 Å². The van der Waals surface area contributed by atoms with Crippen molar-refractivity contribution in [2.45, 2.75) is 25.3 Å². The van der Waals surface area contributed by atoms with Gasteiger partial charge in [0.2, 0.25) is 0 Å². The van der Waals surface area contributed by atoms with E-state index in [0.717, 1.165) is 42.4 Å². The first-order chi connectivity index (χ1) is 8.31. The van der Waals surface area contributed by atoms with Gasteiger partial charge in [-0.15, -0.1) is 12.4 Å². The van der Waals surface area contributed by atoms with Crippen LogP contribution in [-0.4, -0.2) is 11.5 Å². The maximum absolute atomic E-state index is 6.12. The third-order valence-corrected chi connectivity index (χ3v) is 2.97. The third-order valence-electron chi connectivity index (χ3n) is 2.97. The zero-order chi connectivity index (χ0) is 12.1. The molecular formula is C14H20ClN3. The Kier molecular flexibility index (Phi) is 6.05. The monoisotopic (exact) mass is 265 g/mol. The lowest BCUT2D eigenvalue weighted by molar-refractivity contribution is 0.581. The average Bonchev–Trinajstić information content (AvgIpc) is 2.38. The predicted octanol–water partition coefficient (Wildman–Crippen LogP) is 2.79. The van der Waals surface area contributed by atoms with Crippen molar-refractivity contribution < 1.29 is 0 Å². The van der Waals surface area contributed by atoms with Crippen molar-refractivity contribution >= 4 is 23.3 Å². The van der Waals surface area contributed by atoms with Crippen molar-refractivity contribution in [1.29, 1.82) is 0 Å². The van der Waals surface area contributed by atoms with Gasteiger partial charge in [0.15, 0.2) is 0 Å². The van der Waals surface area contributed by atoms with Crippen LogP contribution in [0.15, 0.2) is 36.4 Å². The third kappa shape index (κ3) is 3.67. The van der Waals surface area contributed by atoms with E-state index in [2.05, 4.69) is 17.1 Å². The molecule has 1 aromatic heterocycles. The SMILES string of the molecule is Cl.NCCCC[C@@H](N)c1ccc2ccccc2n1. The lowest BCUT2D eigenvalue weighted by atomic mass is 10.1. The van der Waals surface area contributed by atoms with Gasteiger partial charge in [-0.3, -0.25) is 4.98 Å². The molecule has 0 unspecified atom stereocenters. The first-order valence-electron chi connectivity index (χ1n) is 6.12. The summed E-state index contributed by atoms with van der Waals surface area (Å²) in [6.07, 6.45) is 3.04. The van der Waals surface area contributed by atoms with Crippen molar-refractivity contribution in [2.75, 3.05) is 6.54 Å². The number of rotatable bonds is 5. The number of benzene rings is 1. The van der Waals surface area contributed by atoms with Crippen molar-refractivity contribution in [3.05, 3.63) is 42.1 Å². The van der Waals surface area contributed by atoms with Crippen molar-refractivity contribution in [1.82, 2.24) is 4.98 Å². The average molecular weight is 266 g/mol. The van der Waals surface area contributed by atoms with Crippen LogP contribution in [0.4, 0.5) is 0 Å². The van der Waals surface area contributed by atoms with Crippen LogP contribution in [0.1, 0.15) is 31.0 Å². The highest BCUT2D eigenvalue weighted by atomic mass is 35.5. The summed E-state index contributed by atoms with van der Waals surface area (Å²) in [5.41, 5.74) is 13.6. The van der Waals surface area contributed by atoms with Gasteiger partial charge in [0.05, 0.1) is 11.2 Å². The van der Waals surface area contributed by atoms with Gasteiger partial charge in [-0.1, -0.05) is 30.7 Å². The highest BCUT2D eigenvalue weighted by Gasteiger charge is 2.07. The Labute approximate surface area is 114 Å². The molecular weight excluding hydrogens is 246 g/mol. The molecule has 0 spiro atoms. The summed E-state index contributed by atoms with van der Waals surface area (Å²) in [5, 5.41) is 1.16. The molecule has 2 rings (SSSR count). The number of nitrogens with zero attached hydrogens (tertiary/aromatic N) is 1. The van der Waals surface area contributed by atoms with E-state index in [1.807, 2.05) is 24.3 Å². The number of para-hydroxylation sites is 1. The van der Waals surface area contributed by atoms with Crippen LogP contribution in [0.2, 0.25) is 0 Å². The second-order valence-corrected chi connectivity index (χ2v) is 4.32. The first kappa shape index (κ1) is 14.9. The normalized spacial score (nSPS) is 12.1. The van der Waals surface area contributed by atoms with Crippen LogP contribution < -0.4 is 11.5 Å². The van der Waals surface area contributed by atoms with Crippen LogP contribution >= 0.6 is 12.4 Å². The fourth-order valence-corrected chi connectivity index (χ4v) is 1.94. The van der Waals surface area contributed by atoms with Crippen LogP contribution in [0.5, 0.6) is 0 Å². The lowest BCUT2D eigenvalue weighted by Gasteiger charge is -2.11. The second-order valence-electron chi connectivity index (χ2n) is 4.32. The zero-order valence-corrected chi connectivity index (χ0v) is 11.2. The lowest BCUT2D eigenvalue weighted by Crippen LogP contribution is -2.12. The van der Waals surface area contributed by atoms with E-state index in [-0.39, 0.29) is 18.4 Å². The number of aromatic nitrogens is 1. The van der Waals surface area contributed by atoms with Crippen molar-refractivity contribution in [3.63, 3.8) is 0 Å². The van der Waals surface area contributed by atoms with Gasteiger partial charge in [-0.05, 0) is 31.5 Å². The molecule has 0 aliphatic heterocycles. The van der Waals surface area contributed by atoms with Gasteiger partial charge in [0.25, 0.3) is 0 Å². The number of halogens is 1. The van der Waals surface area contributed by atoms with Crippen molar-refractivity contribution in [2.24, 2.45) is 11.5 Å². The van der Waals surface area contributed by atoms with Gasteiger partial charge < -0.3 is 11.5 Å². The second kappa shape index (κ2) is 7.31. The fraction of sp³-hybridized carbons (Fsp3) is 0.357. The van der Waals surface area contributed by atoms with E-state index in [9.17, 15) is 0 Å². The van der Waals surface area contributed by atoms with Crippen molar-refractivity contribution in [3.8, 4) is 0 Å². The van der Waals surface area contributed by atoms with E-state index < -0.39 is 0 Å². The number of hydrogen-bond acceptors (Lipinski definition) is 3. The molecule has 0 amide bonds. The number of unbranched alkanes of at least 4 members (excludes halogenated alkanes) is 1. The van der Waals surface area contributed by atoms with E-state index in [1.54, 1.807) is 0 Å². The summed E-state index contributed by atoms with van der Waals surface area (Å²) >= 11 is 0. The Morgan fingerprint density at radius 2 is 1.83 bits per heavy atom. The van der Waals surface area contributed by atoms with E-state index in [1.165, 1.54) is 0 Å². The topological polar surface area (TPSA) is 64.9 Å². The van der Waals surface area contributed by atoms with Gasteiger partial charge in [0, 0.05) is 11.4 Å². The van der Waals surface area contributed by atoms with Crippen LogP contribution in [0.25, 0.3) is 10.9 Å². The maximum atomic E-state index is 6.12. The molecule has 0 aliphatic rings. The molecule has 1 aromatic carbocycles. The first-order valence-corrected chi connectivity index (χ1v) is 6.12. The molecule has 4 heteroatoms. The molecule has 1 heterocycles. The van der Waals surface area contributed by atoms with E-state index in [4.69, 9.17) is 11.5 Å².